The van der Waals surface area contributed by atoms with E-state index >= 15 is 0 Å². The Morgan fingerprint density at radius 1 is 1.16 bits per heavy atom. The van der Waals surface area contributed by atoms with Gasteiger partial charge in [0.05, 0.1) is 23.6 Å². The van der Waals surface area contributed by atoms with Gasteiger partial charge < -0.3 is 14.7 Å². The highest BCUT2D eigenvalue weighted by molar-refractivity contribution is 8.00. The van der Waals surface area contributed by atoms with E-state index in [9.17, 15) is 10.0 Å². The summed E-state index contributed by atoms with van der Waals surface area (Å²) in [4.78, 5) is 13.4. The Balaban J connectivity index is 1.70. The van der Waals surface area contributed by atoms with Crippen LogP contribution in [0.4, 0.5) is 0 Å². The van der Waals surface area contributed by atoms with Gasteiger partial charge in [-0.3, -0.25) is 0 Å². The standard InChI is InChI=1S/C25H25NO4S2/c1-3-30-24(27)23-20-13-18(17-9-11-19(29-2)12-10-17)14-21(26-28)22(20)25(32-23)31-15-16-7-5-4-6-8-16/h4-12,18,28H,3,13-15H2,1-2H3/b26-21+. The lowest BCUT2D eigenvalue weighted by atomic mass is 9.80. The normalized spacial score (nSPS) is 16.6. The summed E-state index contributed by atoms with van der Waals surface area (Å²) < 4.78 is 11.6. The highest BCUT2D eigenvalue weighted by Crippen LogP contribution is 2.45. The Kier molecular flexibility index (Phi) is 7.17. The summed E-state index contributed by atoms with van der Waals surface area (Å²) >= 11 is 3.11. The molecule has 1 aliphatic carbocycles. The number of methoxy groups -OCH3 is 1. The third kappa shape index (κ3) is 4.69. The summed E-state index contributed by atoms with van der Waals surface area (Å²) in [6, 6.07) is 18.1. The summed E-state index contributed by atoms with van der Waals surface area (Å²) in [6.45, 7) is 2.13. The van der Waals surface area contributed by atoms with Crippen LogP contribution in [0.1, 0.15) is 51.2 Å². The number of ether oxygens (including phenoxy) is 2. The number of carbonyl (C=O) groups excluding carboxylic acids is 1. The second-order valence-corrected chi connectivity index (χ2v) is 9.76. The van der Waals surface area contributed by atoms with Crippen LogP contribution in [0, 0.1) is 0 Å². The van der Waals surface area contributed by atoms with E-state index in [0.29, 0.717) is 30.0 Å². The molecular formula is C25H25NO4S2. The molecule has 3 aromatic rings. The maximum Gasteiger partial charge on any atom is 0.348 e. The first-order valence-corrected chi connectivity index (χ1v) is 12.3. The van der Waals surface area contributed by atoms with E-state index in [2.05, 4.69) is 17.3 Å². The van der Waals surface area contributed by atoms with Gasteiger partial charge in [-0.25, -0.2) is 4.79 Å². The number of fused-ring (bicyclic) bond motifs is 1. The average Bonchev–Trinajstić information content (AvgIpc) is 3.22. The van der Waals surface area contributed by atoms with Crippen LogP contribution in [0.15, 0.2) is 64.0 Å². The van der Waals surface area contributed by atoms with Crippen molar-refractivity contribution in [3.63, 3.8) is 0 Å². The number of carbonyl (C=O) groups is 1. The van der Waals surface area contributed by atoms with Gasteiger partial charge in [0, 0.05) is 17.7 Å². The van der Waals surface area contributed by atoms with E-state index in [-0.39, 0.29) is 11.9 Å². The number of hydrogen-bond acceptors (Lipinski definition) is 7. The Labute approximate surface area is 196 Å². The first-order chi connectivity index (χ1) is 15.6. The molecule has 1 atom stereocenters. The lowest BCUT2D eigenvalue weighted by molar-refractivity contribution is 0.0530. The van der Waals surface area contributed by atoms with Gasteiger partial charge >= 0.3 is 5.97 Å². The molecule has 166 valence electrons. The molecule has 1 heterocycles. The van der Waals surface area contributed by atoms with Gasteiger partial charge in [-0.1, -0.05) is 47.6 Å². The molecule has 0 amide bonds. The molecule has 32 heavy (non-hydrogen) atoms. The minimum absolute atomic E-state index is 0.106. The zero-order chi connectivity index (χ0) is 22.5. The van der Waals surface area contributed by atoms with Crippen molar-refractivity contribution in [2.75, 3.05) is 13.7 Å². The number of hydrogen-bond donors (Lipinski definition) is 1. The SMILES string of the molecule is CCOC(=O)c1sc(SCc2ccccc2)c2c1CC(c1ccc(OC)cc1)C/C2=N\O. The predicted octanol–water partition coefficient (Wildman–Crippen LogP) is 6.13. The van der Waals surface area contributed by atoms with Gasteiger partial charge in [0.1, 0.15) is 10.6 Å². The molecule has 0 aliphatic heterocycles. The van der Waals surface area contributed by atoms with Crippen LogP contribution >= 0.6 is 23.1 Å². The lowest BCUT2D eigenvalue weighted by Crippen LogP contribution is -2.21. The van der Waals surface area contributed by atoms with Crippen LogP contribution < -0.4 is 4.74 Å². The number of thiophene rings is 1. The van der Waals surface area contributed by atoms with Crippen LogP contribution in [0.2, 0.25) is 0 Å². The van der Waals surface area contributed by atoms with Crippen molar-refractivity contribution in [2.24, 2.45) is 5.16 Å². The molecule has 1 N–H and O–H groups in total. The van der Waals surface area contributed by atoms with Crippen LogP contribution in [-0.2, 0) is 16.9 Å². The second-order valence-electron chi connectivity index (χ2n) is 7.49. The fourth-order valence-electron chi connectivity index (χ4n) is 3.97. The second kappa shape index (κ2) is 10.2. The molecule has 4 rings (SSSR count). The third-order valence-corrected chi connectivity index (χ3v) is 8.09. The molecule has 1 aliphatic rings. The van der Waals surface area contributed by atoms with E-state index in [1.54, 1.807) is 18.9 Å². The molecular weight excluding hydrogens is 442 g/mol. The molecule has 0 bridgehead atoms. The smallest absolute Gasteiger partial charge is 0.348 e. The molecule has 0 saturated heterocycles. The van der Waals surface area contributed by atoms with Crippen molar-refractivity contribution in [3.8, 4) is 5.75 Å². The number of esters is 1. The largest absolute Gasteiger partial charge is 0.497 e. The minimum atomic E-state index is -0.312. The molecule has 0 spiro atoms. The number of benzene rings is 2. The number of rotatable bonds is 7. The fraction of sp³-hybridized carbons (Fsp3) is 0.280. The Morgan fingerprint density at radius 3 is 2.56 bits per heavy atom. The zero-order valence-electron chi connectivity index (χ0n) is 18.0. The van der Waals surface area contributed by atoms with Gasteiger partial charge in [0.2, 0.25) is 0 Å². The topological polar surface area (TPSA) is 68.1 Å². The average molecular weight is 468 g/mol. The summed E-state index contributed by atoms with van der Waals surface area (Å²) in [5.74, 6) is 1.36. The number of nitrogens with zero attached hydrogens (tertiary/aromatic N) is 1. The van der Waals surface area contributed by atoms with Gasteiger partial charge in [0.25, 0.3) is 0 Å². The van der Waals surface area contributed by atoms with Gasteiger partial charge in [0.15, 0.2) is 0 Å². The van der Waals surface area contributed by atoms with Gasteiger partial charge in [-0.15, -0.1) is 23.1 Å². The van der Waals surface area contributed by atoms with E-state index < -0.39 is 0 Å². The van der Waals surface area contributed by atoms with Crippen molar-refractivity contribution >= 4 is 34.8 Å². The molecule has 0 saturated carbocycles. The van der Waals surface area contributed by atoms with E-state index in [1.165, 1.54) is 16.9 Å². The van der Waals surface area contributed by atoms with Crippen molar-refractivity contribution in [2.45, 2.75) is 35.6 Å². The minimum Gasteiger partial charge on any atom is -0.497 e. The summed E-state index contributed by atoms with van der Waals surface area (Å²) in [7, 11) is 1.64. The lowest BCUT2D eigenvalue weighted by Gasteiger charge is -2.25. The van der Waals surface area contributed by atoms with Crippen molar-refractivity contribution in [1.29, 1.82) is 0 Å². The molecule has 1 aromatic heterocycles. The van der Waals surface area contributed by atoms with Crippen LogP contribution in [0.25, 0.3) is 0 Å². The van der Waals surface area contributed by atoms with Crippen molar-refractivity contribution in [1.82, 2.24) is 0 Å². The highest BCUT2D eigenvalue weighted by Gasteiger charge is 2.34. The molecule has 5 nitrogen and oxygen atoms in total. The van der Waals surface area contributed by atoms with Gasteiger partial charge in [-0.2, -0.15) is 0 Å². The molecule has 0 radical (unpaired) electrons. The monoisotopic (exact) mass is 467 g/mol. The highest BCUT2D eigenvalue weighted by atomic mass is 32.2. The zero-order valence-corrected chi connectivity index (χ0v) is 19.7. The van der Waals surface area contributed by atoms with Gasteiger partial charge in [-0.05, 0) is 48.1 Å². The van der Waals surface area contributed by atoms with Crippen LogP contribution in [-0.4, -0.2) is 30.6 Å². The molecule has 0 fully saturated rings. The maximum absolute atomic E-state index is 12.8. The van der Waals surface area contributed by atoms with Crippen molar-refractivity contribution < 1.29 is 19.5 Å². The van der Waals surface area contributed by atoms with E-state index in [4.69, 9.17) is 9.47 Å². The number of oxime groups is 1. The number of thioether (sulfide) groups is 1. The Hall–Kier alpha value is -2.77. The summed E-state index contributed by atoms with van der Waals surface area (Å²) in [5.41, 5.74) is 4.76. The van der Waals surface area contributed by atoms with Crippen LogP contribution in [0.3, 0.4) is 0 Å². The third-order valence-electron chi connectivity index (χ3n) is 5.54. The van der Waals surface area contributed by atoms with Crippen molar-refractivity contribution in [3.05, 3.63) is 81.7 Å². The molecule has 7 heteroatoms. The van der Waals surface area contributed by atoms with Crippen LogP contribution in [0.5, 0.6) is 5.75 Å². The van der Waals surface area contributed by atoms with E-state index in [0.717, 1.165) is 32.4 Å². The van der Waals surface area contributed by atoms with E-state index in [1.807, 2.05) is 49.4 Å². The molecule has 2 aromatic carbocycles. The Morgan fingerprint density at radius 2 is 1.91 bits per heavy atom. The first-order valence-electron chi connectivity index (χ1n) is 10.5. The Bertz CT molecular complexity index is 1110. The fourth-order valence-corrected chi connectivity index (χ4v) is 6.49. The summed E-state index contributed by atoms with van der Waals surface area (Å²) in [6.07, 6.45) is 1.30. The quantitative estimate of drug-likeness (QED) is 0.196. The first kappa shape index (κ1) is 22.4. The summed E-state index contributed by atoms with van der Waals surface area (Å²) in [5, 5.41) is 13.6. The predicted molar refractivity (Wildman–Crippen MR) is 129 cm³/mol. The maximum atomic E-state index is 12.8. The molecule has 1 unspecified atom stereocenters.